The van der Waals surface area contributed by atoms with Crippen molar-refractivity contribution in [3.05, 3.63) is 41.2 Å². The van der Waals surface area contributed by atoms with Crippen LogP contribution in [-0.4, -0.2) is 9.97 Å². The Kier molecular flexibility index (Phi) is 3.31. The molecule has 2 rings (SSSR count). The second-order valence-electron chi connectivity index (χ2n) is 3.26. The lowest BCUT2D eigenvalue weighted by Crippen LogP contribution is -1.95. The topological polar surface area (TPSA) is 51.8 Å². The van der Waals surface area contributed by atoms with E-state index in [1.54, 1.807) is 18.5 Å². The smallest absolute Gasteiger partial charge is 0.125 e. The molecular weight excluding hydrogens is 242 g/mol. The zero-order chi connectivity index (χ0) is 11.5. The van der Waals surface area contributed by atoms with Crippen molar-refractivity contribution in [2.24, 2.45) is 0 Å². The van der Waals surface area contributed by atoms with Gasteiger partial charge < -0.3 is 5.73 Å². The number of nitrogens with two attached hydrogens (primary N) is 1. The highest BCUT2D eigenvalue weighted by Crippen LogP contribution is 2.30. The van der Waals surface area contributed by atoms with Gasteiger partial charge in [0.25, 0.3) is 0 Å². The fourth-order valence-corrected chi connectivity index (χ4v) is 2.08. The van der Waals surface area contributed by atoms with E-state index < -0.39 is 0 Å². The number of nitrogens with zero attached hydrogens (tertiary/aromatic N) is 2. The first-order valence-electron chi connectivity index (χ1n) is 4.67. The number of aromatic nitrogens is 2. The summed E-state index contributed by atoms with van der Waals surface area (Å²) in [6.07, 6.45) is 3.35. The molecule has 0 amide bonds. The van der Waals surface area contributed by atoms with Gasteiger partial charge in [0.2, 0.25) is 0 Å². The first-order chi connectivity index (χ1) is 7.66. The van der Waals surface area contributed by atoms with Gasteiger partial charge in [0, 0.05) is 12.4 Å². The summed E-state index contributed by atoms with van der Waals surface area (Å²) in [5.74, 6) is 0. The molecule has 0 fully saturated rings. The van der Waals surface area contributed by atoms with Crippen LogP contribution in [-0.2, 0) is 0 Å². The second-order valence-corrected chi connectivity index (χ2v) is 4.71. The minimum Gasteiger partial charge on any atom is -0.396 e. The Balaban J connectivity index is 2.27. The molecule has 0 atom stereocenters. The zero-order valence-corrected chi connectivity index (χ0v) is 10.2. The third-order valence-corrected chi connectivity index (χ3v) is 3.27. The van der Waals surface area contributed by atoms with Gasteiger partial charge in [0.15, 0.2) is 0 Å². The largest absolute Gasteiger partial charge is 0.396 e. The lowest BCUT2D eigenvalue weighted by atomic mass is 10.3. The Bertz CT molecular complexity index is 499. The molecule has 2 heterocycles. The second kappa shape index (κ2) is 4.72. The molecular formula is C11H10ClN3S. The molecule has 0 spiro atoms. The molecule has 0 radical (unpaired) electrons. The molecule has 0 unspecified atom stereocenters. The quantitative estimate of drug-likeness (QED) is 0.891. The summed E-state index contributed by atoms with van der Waals surface area (Å²) in [5, 5.41) is 2.22. The normalized spacial score (nSPS) is 10.4. The SMILES string of the molecule is Cc1ccnc(Sc2ccc(Cl)cn2)c1N. The van der Waals surface area contributed by atoms with Gasteiger partial charge in [-0.15, -0.1) is 0 Å². The molecule has 2 aromatic heterocycles. The summed E-state index contributed by atoms with van der Waals surface area (Å²) in [6, 6.07) is 5.52. The number of anilines is 1. The Morgan fingerprint density at radius 1 is 1.25 bits per heavy atom. The third-order valence-electron chi connectivity index (χ3n) is 2.07. The van der Waals surface area contributed by atoms with Gasteiger partial charge in [0.1, 0.15) is 10.1 Å². The fourth-order valence-electron chi connectivity index (χ4n) is 1.15. The first kappa shape index (κ1) is 11.2. The number of hydrogen-bond acceptors (Lipinski definition) is 4. The average Bonchev–Trinajstić information content (AvgIpc) is 2.28. The highest BCUT2D eigenvalue weighted by molar-refractivity contribution is 7.99. The van der Waals surface area contributed by atoms with Gasteiger partial charge in [-0.05, 0) is 42.4 Å². The van der Waals surface area contributed by atoms with Crippen molar-refractivity contribution < 1.29 is 0 Å². The van der Waals surface area contributed by atoms with Crippen molar-refractivity contribution in [2.75, 3.05) is 5.73 Å². The Morgan fingerprint density at radius 2 is 2.06 bits per heavy atom. The third kappa shape index (κ3) is 2.46. The molecule has 3 nitrogen and oxygen atoms in total. The minimum atomic E-state index is 0.620. The molecule has 0 aliphatic carbocycles. The summed E-state index contributed by atoms with van der Waals surface area (Å²) in [6.45, 7) is 1.95. The minimum absolute atomic E-state index is 0.620. The molecule has 82 valence electrons. The fraction of sp³-hybridized carbons (Fsp3) is 0.0909. The Hall–Kier alpha value is -1.26. The van der Waals surface area contributed by atoms with Crippen LogP contribution >= 0.6 is 23.4 Å². The van der Waals surface area contributed by atoms with E-state index >= 15 is 0 Å². The summed E-state index contributed by atoms with van der Waals surface area (Å²) < 4.78 is 0. The van der Waals surface area contributed by atoms with E-state index in [-0.39, 0.29) is 0 Å². The maximum atomic E-state index is 5.92. The summed E-state index contributed by atoms with van der Waals surface area (Å²) in [5.41, 5.74) is 7.64. The summed E-state index contributed by atoms with van der Waals surface area (Å²) in [4.78, 5) is 8.40. The molecule has 2 aromatic rings. The van der Waals surface area contributed by atoms with Gasteiger partial charge in [-0.3, -0.25) is 0 Å². The van der Waals surface area contributed by atoms with E-state index in [0.717, 1.165) is 15.6 Å². The summed E-state index contributed by atoms with van der Waals surface area (Å²) in [7, 11) is 0. The monoisotopic (exact) mass is 251 g/mol. The Labute approximate surface area is 103 Å². The maximum Gasteiger partial charge on any atom is 0.125 e. The molecule has 0 aliphatic rings. The highest BCUT2D eigenvalue weighted by Gasteiger charge is 2.06. The van der Waals surface area contributed by atoms with Crippen LogP contribution < -0.4 is 5.73 Å². The zero-order valence-electron chi connectivity index (χ0n) is 8.64. The number of hydrogen-bond donors (Lipinski definition) is 1. The summed E-state index contributed by atoms with van der Waals surface area (Å²) >= 11 is 7.19. The number of pyridine rings is 2. The first-order valence-corrected chi connectivity index (χ1v) is 5.87. The highest BCUT2D eigenvalue weighted by atomic mass is 35.5. The lowest BCUT2D eigenvalue weighted by molar-refractivity contribution is 1.09. The number of halogens is 1. The molecule has 0 bridgehead atoms. The number of aryl methyl sites for hydroxylation is 1. The van der Waals surface area contributed by atoms with Crippen LogP contribution in [0.1, 0.15) is 5.56 Å². The van der Waals surface area contributed by atoms with Crippen LogP contribution in [0, 0.1) is 6.92 Å². The lowest BCUT2D eigenvalue weighted by Gasteiger charge is -2.05. The van der Waals surface area contributed by atoms with Gasteiger partial charge in [-0.2, -0.15) is 0 Å². The van der Waals surface area contributed by atoms with Crippen molar-refractivity contribution in [1.29, 1.82) is 0 Å². The number of nitrogen functional groups attached to an aromatic ring is 1. The van der Waals surface area contributed by atoms with Gasteiger partial charge >= 0.3 is 0 Å². The molecule has 0 aromatic carbocycles. The van der Waals surface area contributed by atoms with Crippen LogP contribution in [0.15, 0.2) is 40.6 Å². The molecule has 0 aliphatic heterocycles. The Morgan fingerprint density at radius 3 is 2.75 bits per heavy atom. The van der Waals surface area contributed by atoms with Crippen LogP contribution in [0.3, 0.4) is 0 Å². The maximum absolute atomic E-state index is 5.92. The van der Waals surface area contributed by atoms with E-state index in [9.17, 15) is 0 Å². The van der Waals surface area contributed by atoms with E-state index in [0.29, 0.717) is 10.7 Å². The van der Waals surface area contributed by atoms with Crippen LogP contribution in [0.25, 0.3) is 0 Å². The van der Waals surface area contributed by atoms with Crippen molar-refractivity contribution >= 4 is 29.1 Å². The molecule has 16 heavy (non-hydrogen) atoms. The van der Waals surface area contributed by atoms with Gasteiger partial charge in [-0.25, -0.2) is 9.97 Å². The van der Waals surface area contributed by atoms with Gasteiger partial charge in [-0.1, -0.05) is 11.6 Å². The van der Waals surface area contributed by atoms with Crippen molar-refractivity contribution in [3.8, 4) is 0 Å². The van der Waals surface area contributed by atoms with Crippen LogP contribution in [0.5, 0.6) is 0 Å². The van der Waals surface area contributed by atoms with E-state index in [1.165, 1.54) is 11.8 Å². The van der Waals surface area contributed by atoms with E-state index in [2.05, 4.69) is 9.97 Å². The predicted molar refractivity (Wildman–Crippen MR) is 66.8 cm³/mol. The average molecular weight is 252 g/mol. The number of rotatable bonds is 2. The van der Waals surface area contributed by atoms with Crippen molar-refractivity contribution in [3.63, 3.8) is 0 Å². The predicted octanol–water partition coefficient (Wildman–Crippen LogP) is 3.17. The molecule has 5 heteroatoms. The van der Waals surface area contributed by atoms with Crippen LogP contribution in [0.4, 0.5) is 5.69 Å². The molecule has 0 saturated heterocycles. The van der Waals surface area contributed by atoms with Gasteiger partial charge in [0.05, 0.1) is 10.7 Å². The molecule has 0 saturated carbocycles. The van der Waals surface area contributed by atoms with Crippen molar-refractivity contribution in [1.82, 2.24) is 9.97 Å². The van der Waals surface area contributed by atoms with Crippen LogP contribution in [0.2, 0.25) is 5.02 Å². The van der Waals surface area contributed by atoms with Crippen molar-refractivity contribution in [2.45, 2.75) is 17.0 Å². The molecule has 2 N–H and O–H groups in total. The van der Waals surface area contributed by atoms with E-state index in [1.807, 2.05) is 19.1 Å². The standard InChI is InChI=1S/C11H10ClN3S/c1-7-4-5-14-11(10(7)13)16-9-3-2-8(12)6-15-9/h2-6H,13H2,1H3. The van der Waals surface area contributed by atoms with E-state index in [4.69, 9.17) is 17.3 Å².